The number of phenolic OH excluding ortho intramolecular Hbond substituents is 1. The van der Waals surface area contributed by atoms with Crippen LogP contribution in [0.15, 0.2) is 41.4 Å². The number of aromatic hydroxyl groups is 1. The number of benzene rings is 2. The van der Waals surface area contributed by atoms with Gasteiger partial charge < -0.3 is 5.11 Å². The van der Waals surface area contributed by atoms with Gasteiger partial charge in [0, 0.05) is 11.8 Å². The summed E-state index contributed by atoms with van der Waals surface area (Å²) in [7, 11) is 9.78. The average molecular weight is 454 g/mol. The molecule has 0 amide bonds. The first kappa shape index (κ1) is 23.5. The van der Waals surface area contributed by atoms with Crippen molar-refractivity contribution in [3.8, 4) is 5.75 Å². The molecule has 1 N–H and O–H groups in total. The van der Waals surface area contributed by atoms with Crippen molar-refractivity contribution < 1.29 is 22.1 Å². The van der Waals surface area contributed by atoms with Crippen molar-refractivity contribution in [2.24, 2.45) is 4.99 Å². The first-order chi connectivity index (χ1) is 13.5. The van der Waals surface area contributed by atoms with Crippen LogP contribution in [-0.2, 0) is 17.0 Å². The van der Waals surface area contributed by atoms with Crippen molar-refractivity contribution >= 4 is 30.5 Å². The minimum atomic E-state index is -0.556. The van der Waals surface area contributed by atoms with Gasteiger partial charge >= 0.3 is 35.6 Å². The van der Waals surface area contributed by atoms with E-state index in [-0.39, 0.29) is 0 Å². The van der Waals surface area contributed by atoms with Gasteiger partial charge in [0.15, 0.2) is 0 Å². The van der Waals surface area contributed by atoms with E-state index < -0.39 is 17.0 Å². The first-order valence-electron chi connectivity index (χ1n) is 9.95. The number of aliphatic imine (C=N–C) groups is 1. The molecule has 2 aromatic rings. The Bertz CT molecular complexity index is 751. The molecule has 1 aliphatic carbocycles. The Morgan fingerprint density at radius 2 is 1.54 bits per heavy atom. The first-order valence-corrected chi connectivity index (χ1v) is 14.3. The molecule has 0 heterocycles. The second kappa shape index (κ2) is 12.7. The summed E-state index contributed by atoms with van der Waals surface area (Å²) in [6.07, 6.45) is 10.7. The van der Waals surface area contributed by atoms with Crippen LogP contribution in [0.2, 0.25) is 0 Å². The molecule has 2 nitrogen and oxygen atoms in total. The minimum absolute atomic E-state index is 0.418. The molecule has 3 rings (SSSR count). The molecule has 0 bridgehead atoms. The summed E-state index contributed by atoms with van der Waals surface area (Å²) in [6, 6.07) is 12.4. The second-order valence-electron chi connectivity index (χ2n) is 7.50. The van der Waals surface area contributed by atoms with E-state index in [1.165, 1.54) is 56.1 Å². The molecule has 150 valence electrons. The third kappa shape index (κ3) is 7.56. The normalized spacial score (nSPS) is 15.4. The van der Waals surface area contributed by atoms with Gasteiger partial charge in [0.05, 0.1) is 5.69 Å². The SMILES string of the molecule is Cc1cc(C)cc(N=Cc2cccc(C3CCCCCCC3)c2O)c1.[Cl][Ti][Cl]. The molecular formula is C23H29Cl2NOTi. The zero-order valence-corrected chi connectivity index (χ0v) is 19.8. The standard InChI is InChI=1S/C23H29NO.2ClH.Ti/c1-17-13-18(2)15-21(14-17)24-16-20-11-8-12-22(23(20)25)19-9-6-4-3-5-7-10-19;;;/h8,11-16,19,25H,3-7,9-10H2,1-2H3;2*1H;/q;;;+2/p-2. The Kier molecular flexibility index (Phi) is 10.7. The molecule has 2 aromatic carbocycles. The van der Waals surface area contributed by atoms with Crippen molar-refractivity contribution in [1.29, 1.82) is 0 Å². The van der Waals surface area contributed by atoms with E-state index in [9.17, 15) is 5.11 Å². The molecule has 1 saturated carbocycles. The van der Waals surface area contributed by atoms with Crippen LogP contribution in [0.4, 0.5) is 5.69 Å². The molecule has 0 aromatic heterocycles. The predicted molar refractivity (Wildman–Crippen MR) is 118 cm³/mol. The van der Waals surface area contributed by atoms with Crippen molar-refractivity contribution in [2.75, 3.05) is 0 Å². The Balaban J connectivity index is 0.000000878. The third-order valence-corrected chi connectivity index (χ3v) is 5.20. The van der Waals surface area contributed by atoms with E-state index in [1.54, 1.807) is 6.21 Å². The molecule has 1 fully saturated rings. The Morgan fingerprint density at radius 3 is 2.14 bits per heavy atom. The monoisotopic (exact) mass is 453 g/mol. The summed E-state index contributed by atoms with van der Waals surface area (Å²) in [5.41, 5.74) is 5.28. The second-order valence-corrected chi connectivity index (χ2v) is 10.1. The predicted octanol–water partition coefficient (Wildman–Crippen LogP) is 7.96. The molecule has 0 unspecified atom stereocenters. The maximum absolute atomic E-state index is 10.8. The summed E-state index contributed by atoms with van der Waals surface area (Å²) < 4.78 is 0. The van der Waals surface area contributed by atoms with Gasteiger partial charge in [-0.05, 0) is 67.5 Å². The molecular weight excluding hydrogens is 425 g/mol. The van der Waals surface area contributed by atoms with Gasteiger partial charge in [-0.25, -0.2) is 0 Å². The number of para-hydroxylation sites is 1. The number of hydrogen-bond acceptors (Lipinski definition) is 2. The number of rotatable bonds is 3. The summed E-state index contributed by atoms with van der Waals surface area (Å²) in [5.74, 6) is 0.899. The fourth-order valence-electron chi connectivity index (χ4n) is 3.95. The van der Waals surface area contributed by atoms with Crippen LogP contribution in [0.1, 0.15) is 73.1 Å². The van der Waals surface area contributed by atoms with Gasteiger partial charge in [-0.1, -0.05) is 50.3 Å². The van der Waals surface area contributed by atoms with Gasteiger partial charge in [0.2, 0.25) is 0 Å². The number of phenols is 1. The van der Waals surface area contributed by atoms with Crippen molar-refractivity contribution in [2.45, 2.75) is 64.7 Å². The van der Waals surface area contributed by atoms with E-state index in [1.807, 2.05) is 6.07 Å². The van der Waals surface area contributed by atoms with Crippen LogP contribution >= 0.6 is 18.6 Å². The fraction of sp³-hybridized carbons (Fsp3) is 0.435. The van der Waals surface area contributed by atoms with Gasteiger partial charge in [0.25, 0.3) is 0 Å². The summed E-state index contributed by atoms with van der Waals surface area (Å²) in [4.78, 5) is 4.59. The van der Waals surface area contributed by atoms with E-state index in [0.717, 1.165) is 16.8 Å². The van der Waals surface area contributed by atoms with E-state index in [0.29, 0.717) is 11.7 Å². The van der Waals surface area contributed by atoms with E-state index in [4.69, 9.17) is 18.6 Å². The summed E-state index contributed by atoms with van der Waals surface area (Å²) in [5, 5.41) is 10.8. The third-order valence-electron chi connectivity index (χ3n) is 5.20. The van der Waals surface area contributed by atoms with Crippen molar-refractivity contribution in [3.05, 3.63) is 58.7 Å². The van der Waals surface area contributed by atoms with Crippen molar-refractivity contribution in [1.82, 2.24) is 0 Å². The van der Waals surface area contributed by atoms with Crippen LogP contribution in [0.3, 0.4) is 0 Å². The molecule has 0 saturated heterocycles. The average Bonchev–Trinajstić information content (AvgIpc) is 2.61. The quantitative estimate of drug-likeness (QED) is 0.370. The van der Waals surface area contributed by atoms with Gasteiger partial charge in [-0.2, -0.15) is 0 Å². The summed E-state index contributed by atoms with van der Waals surface area (Å²) in [6.45, 7) is 4.16. The van der Waals surface area contributed by atoms with E-state index in [2.05, 4.69) is 49.2 Å². The molecule has 0 radical (unpaired) electrons. The Labute approximate surface area is 186 Å². The molecule has 0 spiro atoms. The topological polar surface area (TPSA) is 32.6 Å². The number of halogens is 2. The number of hydrogen-bond donors (Lipinski definition) is 1. The van der Waals surface area contributed by atoms with Crippen LogP contribution in [0.25, 0.3) is 0 Å². The van der Waals surface area contributed by atoms with Crippen LogP contribution in [0.5, 0.6) is 5.75 Å². The maximum atomic E-state index is 10.8. The van der Waals surface area contributed by atoms with Crippen molar-refractivity contribution in [3.63, 3.8) is 0 Å². The molecule has 1 aliphatic rings. The van der Waals surface area contributed by atoms with E-state index >= 15 is 0 Å². The molecule has 0 atom stereocenters. The zero-order chi connectivity index (χ0) is 20.4. The van der Waals surface area contributed by atoms with Crippen LogP contribution < -0.4 is 0 Å². The molecule has 0 aliphatic heterocycles. The molecule has 28 heavy (non-hydrogen) atoms. The van der Waals surface area contributed by atoms with Gasteiger partial charge in [-0.15, -0.1) is 0 Å². The zero-order valence-electron chi connectivity index (χ0n) is 16.7. The summed E-state index contributed by atoms with van der Waals surface area (Å²) >= 11 is -0.556. The number of nitrogens with zero attached hydrogens (tertiary/aromatic N) is 1. The number of aryl methyl sites for hydroxylation is 2. The Hall–Kier alpha value is -0.796. The molecule has 5 heteroatoms. The van der Waals surface area contributed by atoms with Crippen LogP contribution in [-0.4, -0.2) is 11.3 Å². The fourth-order valence-corrected chi connectivity index (χ4v) is 3.95. The van der Waals surface area contributed by atoms with Gasteiger partial charge in [0.1, 0.15) is 5.75 Å². The van der Waals surface area contributed by atoms with Gasteiger partial charge in [-0.3, -0.25) is 4.99 Å². The van der Waals surface area contributed by atoms with Crippen LogP contribution in [0, 0.1) is 13.8 Å². The Morgan fingerprint density at radius 1 is 0.964 bits per heavy atom.